The second-order valence-corrected chi connectivity index (χ2v) is 8.85. The summed E-state index contributed by atoms with van der Waals surface area (Å²) in [5.74, 6) is -2.31. The lowest BCUT2D eigenvalue weighted by atomic mass is 10.0. The van der Waals surface area contributed by atoms with Crippen molar-refractivity contribution in [3.05, 3.63) is 110 Å². The van der Waals surface area contributed by atoms with Gasteiger partial charge in [-0.3, -0.25) is 14.3 Å². The van der Waals surface area contributed by atoms with Gasteiger partial charge < -0.3 is 9.84 Å². The molecule has 0 fully saturated rings. The Labute approximate surface area is 216 Å². The van der Waals surface area contributed by atoms with Crippen LogP contribution in [0.1, 0.15) is 31.0 Å². The molecule has 4 aromatic rings. The third-order valence-electron chi connectivity index (χ3n) is 6.10. The molecular weight excluding hydrogens is 493 g/mol. The van der Waals surface area contributed by atoms with Gasteiger partial charge in [-0.05, 0) is 56.7 Å². The molecule has 2 aromatic heterocycles. The van der Waals surface area contributed by atoms with E-state index in [1.54, 1.807) is 24.3 Å². The molecule has 0 aliphatic heterocycles. The Morgan fingerprint density at radius 3 is 2.39 bits per heavy atom. The van der Waals surface area contributed by atoms with E-state index >= 15 is 0 Å². The SMILES string of the molecule is Cc1ccc(Cn2c(=O)n([C@@H](C)[C@@H](C)C(=O)O)c(=O)[nH]/c2=N\c2ccc(Oc3cccc(F)n3)cc2)cc1. The summed E-state index contributed by atoms with van der Waals surface area (Å²) in [6.07, 6.45) is 0. The van der Waals surface area contributed by atoms with Gasteiger partial charge in [0.1, 0.15) is 5.75 Å². The predicted octanol–water partition coefficient (Wildman–Crippen LogP) is 3.54. The number of H-pyrrole nitrogens is 1. The average Bonchev–Trinajstić information content (AvgIpc) is 2.88. The highest BCUT2D eigenvalue weighted by atomic mass is 19.1. The Morgan fingerprint density at radius 1 is 1.08 bits per heavy atom. The van der Waals surface area contributed by atoms with Crippen molar-refractivity contribution < 1.29 is 19.0 Å². The molecule has 4 rings (SSSR count). The zero-order valence-corrected chi connectivity index (χ0v) is 21.0. The smallest absolute Gasteiger partial charge is 0.335 e. The summed E-state index contributed by atoms with van der Waals surface area (Å²) in [7, 11) is 0. The highest BCUT2D eigenvalue weighted by Gasteiger charge is 2.25. The fourth-order valence-electron chi connectivity index (χ4n) is 3.71. The van der Waals surface area contributed by atoms with E-state index in [4.69, 9.17) is 4.74 Å². The molecule has 38 heavy (non-hydrogen) atoms. The quantitative estimate of drug-likeness (QED) is 0.342. The molecule has 0 unspecified atom stereocenters. The lowest BCUT2D eigenvalue weighted by molar-refractivity contribution is -0.142. The van der Waals surface area contributed by atoms with Crippen LogP contribution >= 0.6 is 0 Å². The van der Waals surface area contributed by atoms with Crippen LogP contribution in [-0.2, 0) is 11.3 Å². The van der Waals surface area contributed by atoms with Gasteiger partial charge in [-0.1, -0.05) is 35.9 Å². The van der Waals surface area contributed by atoms with E-state index < -0.39 is 35.3 Å². The molecule has 10 nitrogen and oxygen atoms in total. The second kappa shape index (κ2) is 11.1. The number of nitrogens with zero attached hydrogens (tertiary/aromatic N) is 4. The van der Waals surface area contributed by atoms with Gasteiger partial charge in [0, 0.05) is 6.07 Å². The summed E-state index contributed by atoms with van der Waals surface area (Å²) in [5, 5.41) is 9.42. The van der Waals surface area contributed by atoms with E-state index in [2.05, 4.69) is 15.0 Å². The second-order valence-electron chi connectivity index (χ2n) is 8.85. The normalized spacial score (nSPS) is 13.2. The Hall–Kier alpha value is -4.80. The number of halogens is 1. The van der Waals surface area contributed by atoms with Crippen LogP contribution in [0.15, 0.2) is 81.3 Å². The van der Waals surface area contributed by atoms with E-state index in [9.17, 15) is 23.9 Å². The molecule has 0 bridgehead atoms. The number of nitrogens with one attached hydrogen (secondary N) is 1. The standard InChI is InChI=1S/C27H26FN5O5/c1-16-7-9-19(10-8-16)15-32-25(31-26(36)33(27(32)37)18(3)17(2)24(34)35)29-20-11-13-21(14-12-20)38-23-6-4-5-22(28)30-23/h4-14,17-18H,15H2,1-3H3,(H,34,35)(H,29,31,36)/t17-,18+/m1/s1. The van der Waals surface area contributed by atoms with Crippen LogP contribution in [0.3, 0.4) is 0 Å². The molecule has 0 radical (unpaired) electrons. The molecule has 0 saturated heterocycles. The molecule has 11 heteroatoms. The molecule has 0 saturated carbocycles. The first-order valence-electron chi connectivity index (χ1n) is 11.8. The number of pyridine rings is 1. The minimum absolute atomic E-state index is 0.00697. The maximum absolute atomic E-state index is 13.5. The summed E-state index contributed by atoms with van der Waals surface area (Å²) in [6, 6.07) is 17.2. The van der Waals surface area contributed by atoms with E-state index in [1.165, 1.54) is 36.6 Å². The number of aromatic amines is 1. The topological polar surface area (TPSA) is 132 Å². The van der Waals surface area contributed by atoms with Crippen molar-refractivity contribution in [2.24, 2.45) is 10.9 Å². The Kier molecular flexibility index (Phi) is 7.66. The Morgan fingerprint density at radius 2 is 1.76 bits per heavy atom. The zero-order chi connectivity index (χ0) is 27.4. The van der Waals surface area contributed by atoms with Crippen LogP contribution in [-0.4, -0.2) is 30.2 Å². The van der Waals surface area contributed by atoms with Crippen molar-refractivity contribution in [2.45, 2.75) is 33.4 Å². The van der Waals surface area contributed by atoms with Crippen LogP contribution in [0.4, 0.5) is 10.1 Å². The van der Waals surface area contributed by atoms with Crippen molar-refractivity contribution >= 4 is 11.7 Å². The first kappa shape index (κ1) is 26.3. The number of carboxylic acids is 1. The van der Waals surface area contributed by atoms with Crippen LogP contribution < -0.4 is 21.7 Å². The number of carboxylic acid groups (broad SMARTS) is 1. The molecule has 2 heterocycles. The molecule has 196 valence electrons. The van der Waals surface area contributed by atoms with Crippen LogP contribution in [0.2, 0.25) is 0 Å². The number of aryl methyl sites for hydroxylation is 1. The lowest BCUT2D eigenvalue weighted by Gasteiger charge is -2.19. The number of ether oxygens (including phenoxy) is 1. The number of carbonyl (C=O) groups is 1. The number of benzene rings is 2. The summed E-state index contributed by atoms with van der Waals surface area (Å²) < 4.78 is 21.1. The van der Waals surface area contributed by atoms with Crippen LogP contribution in [0.5, 0.6) is 11.6 Å². The fraction of sp³-hybridized carbons (Fsp3) is 0.222. The van der Waals surface area contributed by atoms with E-state index in [1.807, 2.05) is 31.2 Å². The Bertz CT molecular complexity index is 1640. The third-order valence-corrected chi connectivity index (χ3v) is 6.10. The number of hydrogen-bond acceptors (Lipinski definition) is 6. The minimum Gasteiger partial charge on any atom is -0.481 e. The van der Waals surface area contributed by atoms with Gasteiger partial charge in [-0.15, -0.1) is 0 Å². The van der Waals surface area contributed by atoms with Gasteiger partial charge in [-0.2, -0.15) is 9.37 Å². The highest BCUT2D eigenvalue weighted by Crippen LogP contribution is 2.22. The number of hydrogen-bond donors (Lipinski definition) is 2. The average molecular weight is 520 g/mol. The molecule has 2 atom stereocenters. The van der Waals surface area contributed by atoms with Crippen LogP contribution in [0, 0.1) is 18.8 Å². The van der Waals surface area contributed by atoms with Gasteiger partial charge in [0.25, 0.3) is 0 Å². The molecule has 2 aromatic carbocycles. The van der Waals surface area contributed by atoms with Gasteiger partial charge >= 0.3 is 17.3 Å². The maximum Gasteiger partial charge on any atom is 0.335 e. The lowest BCUT2D eigenvalue weighted by Crippen LogP contribution is -2.52. The van der Waals surface area contributed by atoms with E-state index in [0.717, 1.165) is 15.7 Å². The van der Waals surface area contributed by atoms with Crippen molar-refractivity contribution in [3.63, 3.8) is 0 Å². The van der Waals surface area contributed by atoms with Gasteiger partial charge in [0.2, 0.25) is 17.4 Å². The van der Waals surface area contributed by atoms with Crippen molar-refractivity contribution in [2.75, 3.05) is 0 Å². The molecule has 2 N–H and O–H groups in total. The van der Waals surface area contributed by atoms with E-state index in [-0.39, 0.29) is 18.0 Å². The summed E-state index contributed by atoms with van der Waals surface area (Å²) in [5.41, 5.74) is 0.770. The summed E-state index contributed by atoms with van der Waals surface area (Å²) in [6.45, 7) is 4.98. The molecule has 0 amide bonds. The number of aliphatic carboxylic acids is 1. The van der Waals surface area contributed by atoms with E-state index in [0.29, 0.717) is 11.4 Å². The summed E-state index contributed by atoms with van der Waals surface area (Å²) in [4.78, 5) is 48.7. The molecule has 0 spiro atoms. The van der Waals surface area contributed by atoms with Gasteiger partial charge in [-0.25, -0.2) is 19.1 Å². The fourth-order valence-corrected chi connectivity index (χ4v) is 3.71. The third kappa shape index (κ3) is 5.94. The monoisotopic (exact) mass is 519 g/mol. The first-order valence-corrected chi connectivity index (χ1v) is 11.8. The van der Waals surface area contributed by atoms with Gasteiger partial charge in [0.05, 0.1) is 24.2 Å². The summed E-state index contributed by atoms with van der Waals surface area (Å²) >= 11 is 0. The van der Waals surface area contributed by atoms with Gasteiger partial charge in [0.15, 0.2) is 0 Å². The Balaban J connectivity index is 1.77. The minimum atomic E-state index is -1.13. The molecular formula is C27H26FN5O5. The van der Waals surface area contributed by atoms with Crippen molar-refractivity contribution in [1.82, 2.24) is 19.1 Å². The van der Waals surface area contributed by atoms with Crippen molar-refractivity contribution in [3.8, 4) is 11.6 Å². The predicted molar refractivity (Wildman–Crippen MR) is 137 cm³/mol. The zero-order valence-electron chi connectivity index (χ0n) is 21.0. The van der Waals surface area contributed by atoms with Crippen LogP contribution in [0.25, 0.3) is 0 Å². The first-order chi connectivity index (χ1) is 18.1. The largest absolute Gasteiger partial charge is 0.481 e. The number of aromatic nitrogens is 4. The number of rotatable bonds is 8. The maximum atomic E-state index is 13.5. The van der Waals surface area contributed by atoms with Crippen molar-refractivity contribution in [1.29, 1.82) is 0 Å². The molecule has 0 aliphatic rings. The molecule has 0 aliphatic carbocycles. The highest BCUT2D eigenvalue weighted by molar-refractivity contribution is 5.70.